The van der Waals surface area contributed by atoms with Gasteiger partial charge in [0.2, 0.25) is 0 Å². The first-order chi connectivity index (χ1) is 10.9. The number of hydrogen-bond donors (Lipinski definition) is 0. The van der Waals surface area contributed by atoms with Gasteiger partial charge in [-0.3, -0.25) is 0 Å². The molecule has 0 saturated carbocycles. The zero-order chi connectivity index (χ0) is 14.8. The molecule has 0 spiro atoms. The van der Waals surface area contributed by atoms with E-state index < -0.39 is 0 Å². The van der Waals surface area contributed by atoms with Crippen molar-refractivity contribution >= 4 is 12.2 Å². The molecule has 0 heteroatoms. The molecule has 0 nitrogen and oxygen atoms in total. The molecule has 0 aromatic rings. The van der Waals surface area contributed by atoms with Gasteiger partial charge in [-0.15, -0.1) is 0 Å². The second-order valence-electron chi connectivity index (χ2n) is 5.55. The zero-order valence-electron chi connectivity index (χ0n) is 12.2. The lowest BCUT2D eigenvalue weighted by molar-refractivity contribution is 1.82. The van der Waals surface area contributed by atoms with Gasteiger partial charge < -0.3 is 0 Å². The molecular formula is C22H16. The molecule has 0 bridgehead atoms. The molecule has 22 heavy (non-hydrogen) atoms. The summed E-state index contributed by atoms with van der Waals surface area (Å²) in [6.07, 6.45) is 4.38. The van der Waals surface area contributed by atoms with E-state index in [2.05, 4.69) is 97.1 Å². The second kappa shape index (κ2) is 5.50. The Labute approximate surface area is 131 Å². The molecule has 4 aliphatic rings. The van der Waals surface area contributed by atoms with E-state index in [1.807, 2.05) is 0 Å². The van der Waals surface area contributed by atoms with Gasteiger partial charge in [-0.1, -0.05) is 72.8 Å². The highest BCUT2D eigenvalue weighted by atomic mass is 14.1. The van der Waals surface area contributed by atoms with E-state index in [9.17, 15) is 0 Å². The number of fused-ring (bicyclic) bond motifs is 2. The Morgan fingerprint density at radius 1 is 0.409 bits per heavy atom. The topological polar surface area (TPSA) is 0 Å². The first-order valence-electron chi connectivity index (χ1n) is 7.54. The summed E-state index contributed by atoms with van der Waals surface area (Å²) in [6, 6.07) is 30.0. The molecule has 4 aliphatic carbocycles. The summed E-state index contributed by atoms with van der Waals surface area (Å²) in [4.78, 5) is 0. The molecule has 0 aromatic carbocycles. The van der Waals surface area contributed by atoms with Crippen molar-refractivity contribution in [1.29, 1.82) is 0 Å². The van der Waals surface area contributed by atoms with Gasteiger partial charge in [0.25, 0.3) is 0 Å². The maximum Gasteiger partial charge on any atom is -0.0178 e. The normalized spacial score (nSPS) is 11.5. The highest BCUT2D eigenvalue weighted by Crippen LogP contribution is 2.28. The Balaban J connectivity index is 1.68. The third-order valence-corrected chi connectivity index (χ3v) is 3.97. The highest BCUT2D eigenvalue weighted by molar-refractivity contribution is 5.81. The molecule has 0 atom stereocenters. The van der Waals surface area contributed by atoms with Crippen LogP contribution >= 0.6 is 0 Å². The Morgan fingerprint density at radius 2 is 0.727 bits per heavy atom. The van der Waals surface area contributed by atoms with E-state index in [4.69, 9.17) is 0 Å². The molecule has 0 N–H and O–H groups in total. The van der Waals surface area contributed by atoms with Crippen LogP contribution in [0.3, 0.4) is 0 Å². The second-order valence-corrected chi connectivity index (χ2v) is 5.55. The largest absolute Gasteiger partial charge is 0.0622 e. The monoisotopic (exact) mass is 280 g/mol. The van der Waals surface area contributed by atoms with E-state index in [-0.39, 0.29) is 0 Å². The molecule has 0 aromatic heterocycles. The minimum atomic E-state index is 1.25. The minimum absolute atomic E-state index is 1.25. The summed E-state index contributed by atoms with van der Waals surface area (Å²) < 4.78 is 0. The Morgan fingerprint density at radius 3 is 1.05 bits per heavy atom. The van der Waals surface area contributed by atoms with Crippen molar-refractivity contribution in [2.45, 2.75) is 0 Å². The third kappa shape index (κ3) is 2.51. The quantitative estimate of drug-likeness (QED) is 0.418. The van der Waals surface area contributed by atoms with Gasteiger partial charge in [0.05, 0.1) is 0 Å². The average molecular weight is 280 g/mol. The SMILES string of the molecule is C(=C\c1cc2cccccc-2c1)/c1cc2cccccc-2c1. The van der Waals surface area contributed by atoms with Gasteiger partial charge in [0.1, 0.15) is 0 Å². The van der Waals surface area contributed by atoms with Crippen LogP contribution in [-0.2, 0) is 0 Å². The molecule has 0 amide bonds. The lowest BCUT2D eigenvalue weighted by Crippen LogP contribution is -1.61. The molecule has 0 aliphatic heterocycles. The minimum Gasteiger partial charge on any atom is -0.0622 e. The van der Waals surface area contributed by atoms with Crippen LogP contribution in [0.5, 0.6) is 0 Å². The highest BCUT2D eigenvalue weighted by Gasteiger charge is 2.04. The van der Waals surface area contributed by atoms with Crippen LogP contribution in [-0.4, -0.2) is 0 Å². The lowest BCUT2D eigenvalue weighted by Gasteiger charge is -1.85. The first kappa shape index (κ1) is 12.8. The van der Waals surface area contributed by atoms with Crippen LogP contribution < -0.4 is 0 Å². The van der Waals surface area contributed by atoms with E-state index in [1.54, 1.807) is 0 Å². The number of hydrogen-bond acceptors (Lipinski definition) is 0. The van der Waals surface area contributed by atoms with Crippen molar-refractivity contribution in [2.75, 3.05) is 0 Å². The van der Waals surface area contributed by atoms with Crippen molar-refractivity contribution in [1.82, 2.24) is 0 Å². The van der Waals surface area contributed by atoms with Gasteiger partial charge in [0, 0.05) is 0 Å². The molecule has 4 rings (SSSR count). The summed E-state index contributed by atoms with van der Waals surface area (Å²) in [5.74, 6) is 0. The standard InChI is InChI=1S/C22H16/c1-3-7-19-13-17(14-20(19)8-4-1)11-12-18-15-21-9-5-2-6-10-22(21)16-18/h1-16H/b12-11+. The van der Waals surface area contributed by atoms with Crippen molar-refractivity contribution in [3.8, 4) is 22.3 Å². The van der Waals surface area contributed by atoms with Crippen LogP contribution in [0.15, 0.2) is 84.9 Å². The van der Waals surface area contributed by atoms with Gasteiger partial charge >= 0.3 is 0 Å². The molecular weight excluding hydrogens is 264 g/mol. The summed E-state index contributed by atoms with van der Waals surface area (Å²) >= 11 is 0. The van der Waals surface area contributed by atoms with Crippen LogP contribution in [0, 0.1) is 0 Å². The average Bonchev–Trinajstić information content (AvgIpc) is 2.94. The predicted molar refractivity (Wildman–Crippen MR) is 95.1 cm³/mol. The Bertz CT molecular complexity index is 749. The van der Waals surface area contributed by atoms with E-state index in [0.717, 1.165) is 0 Å². The molecule has 104 valence electrons. The van der Waals surface area contributed by atoms with Crippen LogP contribution in [0.1, 0.15) is 11.1 Å². The molecule has 0 fully saturated rings. The van der Waals surface area contributed by atoms with Crippen LogP contribution in [0.4, 0.5) is 0 Å². The van der Waals surface area contributed by atoms with E-state index in [1.165, 1.54) is 33.4 Å². The maximum absolute atomic E-state index is 2.23. The van der Waals surface area contributed by atoms with Gasteiger partial charge in [-0.05, 0) is 57.6 Å². The first-order valence-corrected chi connectivity index (χ1v) is 7.54. The molecule has 0 radical (unpaired) electrons. The summed E-state index contributed by atoms with van der Waals surface area (Å²) in [6.45, 7) is 0. The Hall–Kier alpha value is -2.86. The lowest BCUT2D eigenvalue weighted by atomic mass is 10.2. The zero-order valence-corrected chi connectivity index (χ0v) is 12.2. The van der Waals surface area contributed by atoms with Crippen molar-refractivity contribution in [3.63, 3.8) is 0 Å². The van der Waals surface area contributed by atoms with E-state index in [0.29, 0.717) is 0 Å². The van der Waals surface area contributed by atoms with Gasteiger partial charge in [-0.25, -0.2) is 0 Å². The molecule has 0 heterocycles. The van der Waals surface area contributed by atoms with Crippen molar-refractivity contribution in [3.05, 3.63) is 96.1 Å². The molecule has 0 unspecified atom stereocenters. The summed E-state index contributed by atoms with van der Waals surface area (Å²) in [5.41, 5.74) is 7.62. The molecule has 0 saturated heterocycles. The van der Waals surface area contributed by atoms with Crippen molar-refractivity contribution in [2.24, 2.45) is 0 Å². The Kier molecular flexibility index (Phi) is 3.21. The third-order valence-electron chi connectivity index (χ3n) is 3.97. The van der Waals surface area contributed by atoms with Crippen LogP contribution in [0.2, 0.25) is 0 Å². The van der Waals surface area contributed by atoms with Gasteiger partial charge in [-0.2, -0.15) is 0 Å². The fourth-order valence-electron chi connectivity index (χ4n) is 2.86. The fourth-order valence-corrected chi connectivity index (χ4v) is 2.86. The smallest absolute Gasteiger partial charge is 0.0178 e. The summed E-state index contributed by atoms with van der Waals surface area (Å²) in [5, 5.41) is 0. The number of rotatable bonds is 2. The maximum atomic E-state index is 2.23. The van der Waals surface area contributed by atoms with Gasteiger partial charge in [0.15, 0.2) is 0 Å². The van der Waals surface area contributed by atoms with E-state index >= 15 is 0 Å². The fraction of sp³-hybridized carbons (Fsp3) is 0. The van der Waals surface area contributed by atoms with Crippen LogP contribution in [0.25, 0.3) is 34.4 Å². The summed E-state index contributed by atoms with van der Waals surface area (Å²) in [7, 11) is 0. The van der Waals surface area contributed by atoms with Crippen molar-refractivity contribution < 1.29 is 0 Å². The predicted octanol–water partition coefficient (Wildman–Crippen LogP) is 6.07.